The van der Waals surface area contributed by atoms with Crippen molar-refractivity contribution >= 4 is 26.8 Å². The number of hydrogen-bond donors (Lipinski definition) is 2. The van der Waals surface area contributed by atoms with Crippen molar-refractivity contribution in [1.29, 1.82) is 0 Å². The molecule has 0 saturated heterocycles. The van der Waals surface area contributed by atoms with E-state index in [0.29, 0.717) is 34.5 Å². The number of anilines is 1. The number of imidazole rings is 1. The van der Waals surface area contributed by atoms with E-state index in [1.54, 1.807) is 60.5 Å². The van der Waals surface area contributed by atoms with E-state index in [0.717, 1.165) is 0 Å². The summed E-state index contributed by atoms with van der Waals surface area (Å²) in [6.07, 6.45) is 5.02. The summed E-state index contributed by atoms with van der Waals surface area (Å²) in [5.41, 5.74) is 0.902. The Hall–Kier alpha value is -4.45. The van der Waals surface area contributed by atoms with E-state index < -0.39 is 15.8 Å². The van der Waals surface area contributed by atoms with Gasteiger partial charge < -0.3 is 9.15 Å². The van der Waals surface area contributed by atoms with Gasteiger partial charge in [-0.3, -0.25) is 14.3 Å². The van der Waals surface area contributed by atoms with Crippen LogP contribution in [0.25, 0.3) is 16.9 Å². The van der Waals surface area contributed by atoms with Gasteiger partial charge in [-0.1, -0.05) is 0 Å². The molecule has 0 unspecified atom stereocenters. The molecule has 0 aliphatic heterocycles. The first-order valence-corrected chi connectivity index (χ1v) is 11.1. The van der Waals surface area contributed by atoms with Crippen molar-refractivity contribution in [3.63, 3.8) is 0 Å². The van der Waals surface area contributed by atoms with E-state index in [1.807, 2.05) is 0 Å². The zero-order chi connectivity index (χ0) is 23.0. The summed E-state index contributed by atoms with van der Waals surface area (Å²) < 4.78 is 40.4. The summed E-state index contributed by atoms with van der Waals surface area (Å²) in [5, 5.41) is 0. The molecular weight excluding hydrogens is 448 g/mol. The van der Waals surface area contributed by atoms with Crippen LogP contribution in [0.1, 0.15) is 5.82 Å². The summed E-state index contributed by atoms with van der Waals surface area (Å²) >= 11 is 0. The van der Waals surface area contributed by atoms with E-state index in [9.17, 15) is 13.2 Å². The fraction of sp³-hybridized carbons (Fsp3) is 0.0476. The first kappa shape index (κ1) is 20.5. The Bertz CT molecular complexity index is 1610. The number of benzene rings is 2. The van der Waals surface area contributed by atoms with Gasteiger partial charge in [0.15, 0.2) is 5.58 Å². The number of fused-ring (bicyclic) bond motifs is 1. The van der Waals surface area contributed by atoms with Crippen LogP contribution in [0, 0.1) is 6.92 Å². The second kappa shape index (κ2) is 7.91. The maximum absolute atomic E-state index is 12.7. The van der Waals surface area contributed by atoms with E-state index in [2.05, 4.69) is 24.7 Å². The first-order valence-electron chi connectivity index (χ1n) is 9.63. The molecule has 12 heteroatoms. The number of H-pyrrole nitrogens is 1. The van der Waals surface area contributed by atoms with Crippen LogP contribution in [-0.4, -0.2) is 32.9 Å². The van der Waals surface area contributed by atoms with Crippen LogP contribution in [0.15, 0.2) is 81.4 Å². The zero-order valence-electron chi connectivity index (χ0n) is 17.1. The number of nitrogens with zero attached hydrogens (tertiary/aromatic N) is 4. The summed E-state index contributed by atoms with van der Waals surface area (Å²) in [5.74, 6) is 1.28. The van der Waals surface area contributed by atoms with Crippen LogP contribution in [-0.2, 0) is 10.0 Å². The van der Waals surface area contributed by atoms with Crippen LogP contribution in [0.4, 0.5) is 5.69 Å². The summed E-state index contributed by atoms with van der Waals surface area (Å²) in [4.78, 5) is 26.3. The number of oxazole rings is 1. The number of aromatic amines is 1. The molecule has 33 heavy (non-hydrogen) atoms. The van der Waals surface area contributed by atoms with Gasteiger partial charge in [-0.15, -0.1) is 0 Å². The smallest absolute Gasteiger partial charge is 0.417 e. The molecule has 3 aromatic heterocycles. The number of aryl methyl sites for hydroxylation is 1. The van der Waals surface area contributed by atoms with Crippen LogP contribution in [0.5, 0.6) is 11.6 Å². The van der Waals surface area contributed by atoms with Gasteiger partial charge in [0.2, 0.25) is 5.88 Å². The van der Waals surface area contributed by atoms with Crippen molar-refractivity contribution in [3.05, 3.63) is 83.6 Å². The number of sulfonamides is 1. The molecule has 0 saturated carbocycles. The molecule has 0 spiro atoms. The standard InChI is InChI=1S/C21H16N6O5S/c1-13-23-19(27-9-8-22-12-27)11-20(24-13)31-15-4-2-14(3-5-15)26-33(29,30)16-6-7-18-17(10-16)25-21(28)32-18/h2-12,26H,1H3,(H,25,28). The molecule has 0 fully saturated rings. The third-order valence-corrected chi connectivity index (χ3v) is 5.98. The Balaban J connectivity index is 1.34. The molecule has 5 rings (SSSR count). The summed E-state index contributed by atoms with van der Waals surface area (Å²) in [7, 11) is -3.89. The van der Waals surface area contributed by atoms with E-state index in [-0.39, 0.29) is 10.5 Å². The number of aromatic nitrogens is 5. The molecule has 0 aliphatic rings. The second-order valence-electron chi connectivity index (χ2n) is 6.99. The lowest BCUT2D eigenvalue weighted by molar-refractivity contribution is 0.459. The third kappa shape index (κ3) is 4.32. The zero-order valence-corrected chi connectivity index (χ0v) is 17.9. The Morgan fingerprint density at radius 1 is 1.09 bits per heavy atom. The highest BCUT2D eigenvalue weighted by molar-refractivity contribution is 7.92. The number of ether oxygens (including phenoxy) is 1. The van der Waals surface area contributed by atoms with Crippen molar-refractivity contribution in [2.45, 2.75) is 11.8 Å². The van der Waals surface area contributed by atoms with Crippen molar-refractivity contribution in [2.24, 2.45) is 0 Å². The lowest BCUT2D eigenvalue weighted by atomic mass is 10.3. The monoisotopic (exact) mass is 464 g/mol. The predicted octanol–water partition coefficient (Wildman–Crippen LogP) is 3.00. The minimum absolute atomic E-state index is 0.0177. The average Bonchev–Trinajstić information content (AvgIpc) is 3.43. The lowest BCUT2D eigenvalue weighted by Crippen LogP contribution is -2.12. The maximum atomic E-state index is 12.7. The van der Waals surface area contributed by atoms with Gasteiger partial charge in [0, 0.05) is 24.1 Å². The minimum Gasteiger partial charge on any atom is -0.439 e. The fourth-order valence-electron chi connectivity index (χ4n) is 3.13. The maximum Gasteiger partial charge on any atom is 0.417 e. The van der Waals surface area contributed by atoms with Crippen LogP contribution in [0.2, 0.25) is 0 Å². The van der Waals surface area contributed by atoms with Gasteiger partial charge in [-0.05, 0) is 49.4 Å². The molecule has 0 radical (unpaired) electrons. The summed E-state index contributed by atoms with van der Waals surface area (Å²) in [6, 6.07) is 12.1. The quantitative estimate of drug-likeness (QED) is 0.390. The Morgan fingerprint density at radius 3 is 2.67 bits per heavy atom. The lowest BCUT2D eigenvalue weighted by Gasteiger charge is -2.10. The number of hydrogen-bond acceptors (Lipinski definition) is 8. The normalized spacial score (nSPS) is 11.5. The molecule has 11 nitrogen and oxygen atoms in total. The highest BCUT2D eigenvalue weighted by Gasteiger charge is 2.16. The predicted molar refractivity (Wildman–Crippen MR) is 118 cm³/mol. The average molecular weight is 464 g/mol. The van der Waals surface area contributed by atoms with Crippen molar-refractivity contribution in [2.75, 3.05) is 4.72 Å². The number of nitrogens with one attached hydrogen (secondary N) is 2. The third-order valence-electron chi connectivity index (χ3n) is 4.60. The Morgan fingerprint density at radius 2 is 1.91 bits per heavy atom. The molecule has 2 aromatic carbocycles. The molecule has 0 atom stereocenters. The molecule has 3 heterocycles. The van der Waals surface area contributed by atoms with Crippen molar-refractivity contribution < 1.29 is 17.6 Å². The van der Waals surface area contributed by atoms with Crippen LogP contribution < -0.4 is 15.2 Å². The SMILES string of the molecule is Cc1nc(Oc2ccc(NS(=O)(=O)c3ccc4oc(=O)[nH]c4c3)cc2)cc(-n2ccnc2)n1. The number of rotatable bonds is 6. The fourth-order valence-corrected chi connectivity index (χ4v) is 4.21. The Kier molecular flexibility index (Phi) is 4.90. The van der Waals surface area contributed by atoms with Gasteiger partial charge in [0.1, 0.15) is 23.7 Å². The van der Waals surface area contributed by atoms with E-state index in [1.165, 1.54) is 18.2 Å². The largest absolute Gasteiger partial charge is 0.439 e. The van der Waals surface area contributed by atoms with Crippen molar-refractivity contribution in [3.8, 4) is 17.4 Å². The summed E-state index contributed by atoms with van der Waals surface area (Å²) in [6.45, 7) is 1.75. The van der Waals surface area contributed by atoms with Crippen molar-refractivity contribution in [1.82, 2.24) is 24.5 Å². The molecule has 0 aliphatic carbocycles. The molecular formula is C21H16N6O5S. The molecule has 0 bridgehead atoms. The minimum atomic E-state index is -3.89. The molecule has 2 N–H and O–H groups in total. The molecule has 166 valence electrons. The van der Waals surface area contributed by atoms with Gasteiger partial charge >= 0.3 is 5.76 Å². The van der Waals surface area contributed by atoms with Gasteiger partial charge in [-0.25, -0.2) is 23.2 Å². The van der Waals surface area contributed by atoms with E-state index in [4.69, 9.17) is 9.15 Å². The topological polar surface area (TPSA) is 145 Å². The Labute approximate surface area is 186 Å². The molecule has 5 aromatic rings. The highest BCUT2D eigenvalue weighted by atomic mass is 32.2. The van der Waals surface area contributed by atoms with Gasteiger partial charge in [0.05, 0.1) is 10.4 Å². The molecule has 0 amide bonds. The van der Waals surface area contributed by atoms with Crippen LogP contribution in [0.3, 0.4) is 0 Å². The first-order chi connectivity index (χ1) is 15.9. The van der Waals surface area contributed by atoms with Gasteiger partial charge in [0.25, 0.3) is 10.0 Å². The van der Waals surface area contributed by atoms with E-state index >= 15 is 0 Å². The highest BCUT2D eigenvalue weighted by Crippen LogP contribution is 2.25. The van der Waals surface area contributed by atoms with Crippen LogP contribution >= 0.6 is 0 Å². The van der Waals surface area contributed by atoms with Gasteiger partial charge in [-0.2, -0.15) is 4.98 Å². The second-order valence-corrected chi connectivity index (χ2v) is 8.67.